The summed E-state index contributed by atoms with van der Waals surface area (Å²) in [4.78, 5) is 12.5. The van der Waals surface area contributed by atoms with E-state index in [0.717, 1.165) is 39.1 Å². The van der Waals surface area contributed by atoms with Crippen LogP contribution in [0.5, 0.6) is 0 Å². The number of ketones is 1. The van der Waals surface area contributed by atoms with Crippen LogP contribution in [-0.4, -0.2) is 15.6 Å². The van der Waals surface area contributed by atoms with E-state index in [1.54, 1.807) is 0 Å². The highest BCUT2D eigenvalue weighted by Gasteiger charge is 2.15. The van der Waals surface area contributed by atoms with Crippen LogP contribution in [0, 0.1) is 10.5 Å². The summed E-state index contributed by atoms with van der Waals surface area (Å²) < 4.78 is 2.98. The van der Waals surface area contributed by atoms with Gasteiger partial charge >= 0.3 is 0 Å². The molecule has 1 aromatic heterocycles. The number of carbonyl (C=O) groups excluding carboxylic acids is 1. The molecule has 0 aliphatic rings. The molecule has 0 amide bonds. The number of benzene rings is 1. The first-order chi connectivity index (χ1) is 9.56. The molecule has 0 fully saturated rings. The number of Topliss-reactive ketones (excluding diaryl/α,β-unsaturated/α-hetero) is 1. The van der Waals surface area contributed by atoms with E-state index in [1.807, 2.05) is 35.9 Å². The van der Waals surface area contributed by atoms with Crippen molar-refractivity contribution in [3.63, 3.8) is 0 Å². The SMILES string of the molecule is CCc1cc(CC(=O)c2cccc(C)c2I)n(CC)n1. The van der Waals surface area contributed by atoms with Crippen LogP contribution >= 0.6 is 22.6 Å². The Hall–Kier alpha value is -1.17. The summed E-state index contributed by atoms with van der Waals surface area (Å²) in [6, 6.07) is 7.93. The normalized spacial score (nSPS) is 10.8. The van der Waals surface area contributed by atoms with E-state index in [-0.39, 0.29) is 5.78 Å². The first-order valence-electron chi connectivity index (χ1n) is 6.90. The van der Waals surface area contributed by atoms with Crippen LogP contribution in [0.3, 0.4) is 0 Å². The second-order valence-electron chi connectivity index (χ2n) is 4.83. The zero-order chi connectivity index (χ0) is 14.7. The van der Waals surface area contributed by atoms with Gasteiger partial charge in [-0.1, -0.05) is 25.1 Å². The van der Waals surface area contributed by atoms with Crippen LogP contribution in [-0.2, 0) is 19.4 Å². The predicted octanol–water partition coefficient (Wildman–Crippen LogP) is 3.80. The topological polar surface area (TPSA) is 34.9 Å². The molecule has 2 aromatic rings. The van der Waals surface area contributed by atoms with Gasteiger partial charge in [-0.15, -0.1) is 0 Å². The van der Waals surface area contributed by atoms with Crippen LogP contribution in [0.4, 0.5) is 0 Å². The lowest BCUT2D eigenvalue weighted by Gasteiger charge is -2.07. The maximum absolute atomic E-state index is 12.5. The monoisotopic (exact) mass is 382 g/mol. The summed E-state index contributed by atoms with van der Waals surface area (Å²) in [7, 11) is 0. The van der Waals surface area contributed by atoms with Gasteiger partial charge in [0.2, 0.25) is 0 Å². The Morgan fingerprint density at radius 2 is 2.10 bits per heavy atom. The molecule has 3 nitrogen and oxygen atoms in total. The van der Waals surface area contributed by atoms with Crippen molar-refractivity contribution in [1.82, 2.24) is 9.78 Å². The van der Waals surface area contributed by atoms with Crippen LogP contribution in [0.15, 0.2) is 24.3 Å². The Bertz CT molecular complexity index is 631. The van der Waals surface area contributed by atoms with Crippen molar-refractivity contribution in [2.24, 2.45) is 0 Å². The minimum absolute atomic E-state index is 0.162. The number of aromatic nitrogens is 2. The fourth-order valence-electron chi connectivity index (χ4n) is 2.23. The van der Waals surface area contributed by atoms with E-state index in [0.29, 0.717) is 6.42 Å². The summed E-state index contributed by atoms with van der Waals surface area (Å²) in [5.41, 5.74) is 4.02. The van der Waals surface area contributed by atoms with Gasteiger partial charge in [0, 0.05) is 21.4 Å². The van der Waals surface area contributed by atoms with Crippen LogP contribution in [0.1, 0.15) is 41.2 Å². The number of hydrogen-bond acceptors (Lipinski definition) is 2. The van der Waals surface area contributed by atoms with Crippen molar-refractivity contribution >= 4 is 28.4 Å². The number of carbonyl (C=O) groups is 1. The molecule has 1 aromatic carbocycles. The average Bonchev–Trinajstić information content (AvgIpc) is 2.84. The second-order valence-corrected chi connectivity index (χ2v) is 5.91. The molecule has 0 saturated heterocycles. The van der Waals surface area contributed by atoms with E-state index in [4.69, 9.17) is 0 Å². The summed E-state index contributed by atoms with van der Waals surface area (Å²) in [5.74, 6) is 0.162. The van der Waals surface area contributed by atoms with E-state index < -0.39 is 0 Å². The van der Waals surface area contributed by atoms with Crippen molar-refractivity contribution < 1.29 is 4.79 Å². The van der Waals surface area contributed by atoms with Crippen molar-refractivity contribution in [3.05, 3.63) is 50.4 Å². The third kappa shape index (κ3) is 3.11. The maximum atomic E-state index is 12.5. The number of hydrogen-bond donors (Lipinski definition) is 0. The molecule has 0 saturated carbocycles. The zero-order valence-corrected chi connectivity index (χ0v) is 14.3. The molecular weight excluding hydrogens is 363 g/mol. The third-order valence-corrected chi connectivity index (χ3v) is 4.84. The Morgan fingerprint density at radius 3 is 2.75 bits per heavy atom. The molecule has 0 unspecified atom stereocenters. The minimum atomic E-state index is 0.162. The van der Waals surface area contributed by atoms with Crippen LogP contribution in [0.2, 0.25) is 0 Å². The summed E-state index contributed by atoms with van der Waals surface area (Å²) in [5, 5.41) is 4.50. The Morgan fingerprint density at radius 1 is 1.35 bits per heavy atom. The first kappa shape index (κ1) is 15.2. The average molecular weight is 382 g/mol. The molecule has 1 heterocycles. The summed E-state index contributed by atoms with van der Waals surface area (Å²) in [6.07, 6.45) is 1.32. The molecule has 0 aliphatic heterocycles. The van der Waals surface area contributed by atoms with Crippen molar-refractivity contribution in [1.29, 1.82) is 0 Å². The van der Waals surface area contributed by atoms with Crippen LogP contribution < -0.4 is 0 Å². The maximum Gasteiger partial charge on any atom is 0.169 e. The molecule has 0 aliphatic carbocycles. The van der Waals surface area contributed by atoms with Crippen LogP contribution in [0.25, 0.3) is 0 Å². The quantitative estimate of drug-likeness (QED) is 0.583. The molecule has 20 heavy (non-hydrogen) atoms. The molecule has 0 N–H and O–H groups in total. The van der Waals surface area contributed by atoms with Gasteiger partial charge < -0.3 is 0 Å². The number of nitrogens with zero attached hydrogens (tertiary/aromatic N) is 2. The minimum Gasteiger partial charge on any atom is -0.294 e. The lowest BCUT2D eigenvalue weighted by atomic mass is 10.0. The lowest BCUT2D eigenvalue weighted by Crippen LogP contribution is -2.11. The lowest BCUT2D eigenvalue weighted by molar-refractivity contribution is 0.0989. The molecule has 0 bridgehead atoms. The van der Waals surface area contributed by atoms with Crippen molar-refractivity contribution in [2.45, 2.75) is 40.2 Å². The second kappa shape index (κ2) is 6.52. The fourth-order valence-corrected chi connectivity index (χ4v) is 2.89. The van der Waals surface area contributed by atoms with Gasteiger partial charge in [-0.2, -0.15) is 5.10 Å². The number of rotatable bonds is 5. The molecule has 0 radical (unpaired) electrons. The first-order valence-corrected chi connectivity index (χ1v) is 7.98. The number of aryl methyl sites for hydroxylation is 3. The Kier molecular flexibility index (Phi) is 4.96. The smallest absolute Gasteiger partial charge is 0.169 e. The largest absolute Gasteiger partial charge is 0.294 e. The zero-order valence-electron chi connectivity index (χ0n) is 12.1. The van der Waals surface area contributed by atoms with Gasteiger partial charge in [0.25, 0.3) is 0 Å². The van der Waals surface area contributed by atoms with E-state index in [1.165, 1.54) is 0 Å². The molecular formula is C16H19IN2O. The highest BCUT2D eigenvalue weighted by atomic mass is 127. The molecule has 0 atom stereocenters. The highest BCUT2D eigenvalue weighted by Crippen LogP contribution is 2.19. The molecule has 0 spiro atoms. The summed E-state index contributed by atoms with van der Waals surface area (Å²) >= 11 is 2.25. The molecule has 4 heteroatoms. The standard InChI is InChI=1S/C16H19IN2O/c1-4-12-9-13(19(5-2)18-12)10-15(20)14-8-6-7-11(3)16(14)17/h6-9H,4-5,10H2,1-3H3. The predicted molar refractivity (Wildman–Crippen MR) is 89.2 cm³/mol. The van der Waals surface area contributed by atoms with Crippen molar-refractivity contribution in [2.75, 3.05) is 0 Å². The van der Waals surface area contributed by atoms with Gasteiger partial charge in [0.15, 0.2) is 5.78 Å². The van der Waals surface area contributed by atoms with Gasteiger partial charge in [0.1, 0.15) is 0 Å². The fraction of sp³-hybridized carbons (Fsp3) is 0.375. The molecule has 2 rings (SSSR count). The van der Waals surface area contributed by atoms with Gasteiger partial charge in [0.05, 0.1) is 12.1 Å². The van der Waals surface area contributed by atoms with Gasteiger partial charge in [-0.25, -0.2) is 0 Å². The van der Waals surface area contributed by atoms with Gasteiger partial charge in [-0.05, 0) is 54.5 Å². The highest BCUT2D eigenvalue weighted by molar-refractivity contribution is 14.1. The van der Waals surface area contributed by atoms with E-state index in [2.05, 4.69) is 41.5 Å². The Balaban J connectivity index is 2.27. The van der Waals surface area contributed by atoms with E-state index >= 15 is 0 Å². The Labute approximate surface area is 133 Å². The summed E-state index contributed by atoms with van der Waals surface area (Å²) in [6.45, 7) is 6.96. The number of halogens is 1. The van der Waals surface area contributed by atoms with Gasteiger partial charge in [-0.3, -0.25) is 9.48 Å². The third-order valence-electron chi connectivity index (χ3n) is 3.41. The molecule has 106 valence electrons. The van der Waals surface area contributed by atoms with E-state index in [9.17, 15) is 4.79 Å². The van der Waals surface area contributed by atoms with Crippen molar-refractivity contribution in [3.8, 4) is 0 Å².